The predicted octanol–water partition coefficient (Wildman–Crippen LogP) is 4.00. The van der Waals surface area contributed by atoms with Crippen molar-refractivity contribution in [3.8, 4) is 0 Å². The van der Waals surface area contributed by atoms with Crippen molar-refractivity contribution in [1.82, 2.24) is 4.98 Å². The summed E-state index contributed by atoms with van der Waals surface area (Å²) in [4.78, 5) is 15.1. The Hall–Kier alpha value is -0.960. The van der Waals surface area contributed by atoms with Crippen LogP contribution in [0.1, 0.15) is 20.2 Å². The van der Waals surface area contributed by atoms with E-state index < -0.39 is 17.0 Å². The number of alkyl halides is 3. The maximum Gasteiger partial charge on any atom is 0.443 e. The van der Waals surface area contributed by atoms with Gasteiger partial charge in [-0.15, -0.1) is 11.3 Å². The number of ketones is 1. The van der Waals surface area contributed by atoms with Crippen molar-refractivity contribution in [1.29, 1.82) is 0 Å². The Kier molecular flexibility index (Phi) is 3.71. The van der Waals surface area contributed by atoms with Gasteiger partial charge in [-0.05, 0) is 46.9 Å². The summed E-state index contributed by atoms with van der Waals surface area (Å²) in [7, 11) is 0. The maximum atomic E-state index is 12.4. The molecule has 0 aliphatic rings. The van der Waals surface area contributed by atoms with Gasteiger partial charge >= 0.3 is 6.18 Å². The highest BCUT2D eigenvalue weighted by Crippen LogP contribution is 2.33. The second-order valence-corrected chi connectivity index (χ2v) is 5.64. The van der Waals surface area contributed by atoms with E-state index in [4.69, 9.17) is 0 Å². The van der Waals surface area contributed by atoms with Crippen LogP contribution in [0.15, 0.2) is 30.5 Å². The summed E-state index contributed by atoms with van der Waals surface area (Å²) in [5, 5.41) is -1.00. The number of aromatic nitrogens is 1. The molecule has 7 heteroatoms. The highest BCUT2D eigenvalue weighted by Gasteiger charge is 2.35. The Morgan fingerprint density at radius 3 is 2.33 bits per heavy atom. The Bertz CT molecular complexity index is 577. The molecule has 1 aromatic carbocycles. The first-order valence-corrected chi connectivity index (χ1v) is 6.61. The molecule has 94 valence electrons. The van der Waals surface area contributed by atoms with Gasteiger partial charge in [-0.2, -0.15) is 13.2 Å². The molecule has 2 rings (SSSR count). The number of carbonyl (C=O) groups is 1. The van der Waals surface area contributed by atoms with E-state index in [1.54, 1.807) is 24.3 Å². The minimum Gasteiger partial charge on any atom is -0.288 e. The van der Waals surface area contributed by atoms with Gasteiger partial charge in [0.15, 0.2) is 5.01 Å². The van der Waals surface area contributed by atoms with Crippen LogP contribution in [0, 0.1) is 3.57 Å². The van der Waals surface area contributed by atoms with Gasteiger partial charge in [0.1, 0.15) is 0 Å². The number of halogens is 4. The van der Waals surface area contributed by atoms with Crippen LogP contribution >= 0.6 is 33.9 Å². The second kappa shape index (κ2) is 4.96. The van der Waals surface area contributed by atoms with Crippen LogP contribution < -0.4 is 0 Å². The zero-order valence-corrected chi connectivity index (χ0v) is 11.6. The summed E-state index contributed by atoms with van der Waals surface area (Å²) in [6.07, 6.45) is -3.54. The van der Waals surface area contributed by atoms with E-state index in [-0.39, 0.29) is 4.88 Å². The third-order valence-electron chi connectivity index (χ3n) is 2.08. The molecule has 0 radical (unpaired) electrons. The number of rotatable bonds is 2. The molecule has 0 saturated carbocycles. The fourth-order valence-corrected chi connectivity index (χ4v) is 2.36. The third-order valence-corrected chi connectivity index (χ3v) is 3.84. The molecule has 18 heavy (non-hydrogen) atoms. The number of carbonyl (C=O) groups excluding carboxylic acids is 1. The lowest BCUT2D eigenvalue weighted by molar-refractivity contribution is -0.137. The van der Waals surface area contributed by atoms with Gasteiger partial charge in [0.25, 0.3) is 0 Å². The molecule has 0 bridgehead atoms. The molecule has 1 aromatic heterocycles. The Labute approximate surface area is 118 Å². The summed E-state index contributed by atoms with van der Waals surface area (Å²) in [6.45, 7) is 0. The van der Waals surface area contributed by atoms with Crippen molar-refractivity contribution in [2.45, 2.75) is 6.18 Å². The summed E-state index contributed by atoms with van der Waals surface area (Å²) in [5.74, 6) is -0.445. The van der Waals surface area contributed by atoms with Crippen molar-refractivity contribution in [3.63, 3.8) is 0 Å². The second-order valence-electron chi connectivity index (χ2n) is 3.36. The van der Waals surface area contributed by atoms with Crippen molar-refractivity contribution in [2.75, 3.05) is 0 Å². The molecule has 0 unspecified atom stereocenters. The van der Waals surface area contributed by atoms with Gasteiger partial charge in [0, 0.05) is 15.3 Å². The van der Waals surface area contributed by atoms with Gasteiger partial charge in [-0.25, -0.2) is 4.98 Å². The van der Waals surface area contributed by atoms with Crippen molar-refractivity contribution < 1.29 is 18.0 Å². The highest BCUT2D eigenvalue weighted by atomic mass is 127. The van der Waals surface area contributed by atoms with Gasteiger partial charge in [-0.1, -0.05) is 0 Å². The van der Waals surface area contributed by atoms with E-state index >= 15 is 0 Å². The lowest BCUT2D eigenvalue weighted by atomic mass is 10.1. The van der Waals surface area contributed by atoms with E-state index in [1.165, 1.54) is 0 Å². The van der Waals surface area contributed by atoms with E-state index in [0.29, 0.717) is 16.9 Å². The van der Waals surface area contributed by atoms with Crippen LogP contribution in [0.25, 0.3) is 0 Å². The average molecular weight is 383 g/mol. The SMILES string of the molecule is O=C(c1ccc(I)cc1)c1cnc(C(F)(F)F)s1. The molecule has 0 saturated heterocycles. The van der Waals surface area contributed by atoms with E-state index in [1.807, 2.05) is 0 Å². The number of hydrogen-bond acceptors (Lipinski definition) is 3. The van der Waals surface area contributed by atoms with Crippen LogP contribution in [0.2, 0.25) is 0 Å². The lowest BCUT2D eigenvalue weighted by Crippen LogP contribution is -2.03. The highest BCUT2D eigenvalue weighted by molar-refractivity contribution is 14.1. The lowest BCUT2D eigenvalue weighted by Gasteiger charge is -1.99. The van der Waals surface area contributed by atoms with Crippen LogP contribution in [-0.2, 0) is 6.18 Å². The van der Waals surface area contributed by atoms with Crippen molar-refractivity contribution in [3.05, 3.63) is 49.5 Å². The summed E-state index contributed by atoms with van der Waals surface area (Å²) >= 11 is 2.44. The first kappa shape index (κ1) is 13.5. The van der Waals surface area contributed by atoms with Crippen LogP contribution in [0.5, 0.6) is 0 Å². The number of thiazole rings is 1. The van der Waals surface area contributed by atoms with E-state index in [9.17, 15) is 18.0 Å². The Morgan fingerprint density at radius 2 is 1.83 bits per heavy atom. The van der Waals surface area contributed by atoms with E-state index in [0.717, 1.165) is 9.77 Å². The average Bonchev–Trinajstić information content (AvgIpc) is 2.78. The van der Waals surface area contributed by atoms with Gasteiger partial charge < -0.3 is 0 Å². The minimum atomic E-state index is -4.50. The molecule has 0 N–H and O–H groups in total. The van der Waals surface area contributed by atoms with E-state index in [2.05, 4.69) is 27.6 Å². The molecule has 0 spiro atoms. The summed E-state index contributed by atoms with van der Waals surface area (Å²) in [5.41, 5.74) is 0.354. The first-order valence-electron chi connectivity index (χ1n) is 4.71. The van der Waals surface area contributed by atoms with Gasteiger partial charge in [0.2, 0.25) is 5.78 Å². The quantitative estimate of drug-likeness (QED) is 0.580. The van der Waals surface area contributed by atoms with Crippen LogP contribution in [0.3, 0.4) is 0 Å². The molecule has 2 nitrogen and oxygen atoms in total. The third kappa shape index (κ3) is 2.89. The van der Waals surface area contributed by atoms with Gasteiger partial charge in [-0.3, -0.25) is 4.79 Å². The molecule has 0 fully saturated rings. The molecule has 0 amide bonds. The Balaban J connectivity index is 2.29. The molecule has 0 aliphatic carbocycles. The fraction of sp³-hybridized carbons (Fsp3) is 0.0909. The Morgan fingerprint density at radius 1 is 1.22 bits per heavy atom. The molecule has 0 atom stereocenters. The monoisotopic (exact) mass is 383 g/mol. The molecule has 2 aromatic rings. The molecular weight excluding hydrogens is 378 g/mol. The molecule has 1 heterocycles. The van der Waals surface area contributed by atoms with Crippen LogP contribution in [-0.4, -0.2) is 10.8 Å². The van der Waals surface area contributed by atoms with Gasteiger partial charge in [0.05, 0.1) is 4.88 Å². The number of benzene rings is 1. The summed E-state index contributed by atoms with van der Waals surface area (Å²) < 4.78 is 38.0. The van der Waals surface area contributed by atoms with Crippen LogP contribution in [0.4, 0.5) is 13.2 Å². The van der Waals surface area contributed by atoms with Crippen molar-refractivity contribution in [2.24, 2.45) is 0 Å². The summed E-state index contributed by atoms with van der Waals surface area (Å²) in [6, 6.07) is 6.60. The number of hydrogen-bond donors (Lipinski definition) is 0. The minimum absolute atomic E-state index is 0.0106. The molecule has 0 aliphatic heterocycles. The standard InChI is InChI=1S/C11H5F3INOS/c12-11(13,14)10-16-5-8(18-10)9(17)6-1-3-7(15)4-2-6/h1-5H. The number of nitrogens with zero attached hydrogens (tertiary/aromatic N) is 1. The predicted molar refractivity (Wildman–Crippen MR) is 69.7 cm³/mol. The smallest absolute Gasteiger partial charge is 0.288 e. The topological polar surface area (TPSA) is 30.0 Å². The zero-order valence-electron chi connectivity index (χ0n) is 8.66. The fourth-order valence-electron chi connectivity index (χ4n) is 1.25. The maximum absolute atomic E-state index is 12.4. The zero-order chi connectivity index (χ0) is 13.3. The first-order chi connectivity index (χ1) is 8.38. The largest absolute Gasteiger partial charge is 0.443 e. The molecular formula is C11H5F3INOS. The normalized spacial score (nSPS) is 11.6. The van der Waals surface area contributed by atoms with Crippen molar-refractivity contribution >= 4 is 39.7 Å².